The minimum Gasteiger partial charge on any atom is -0.346 e. The first-order valence-corrected chi connectivity index (χ1v) is 11.8. The molecule has 2 aromatic carbocycles. The van der Waals surface area contributed by atoms with E-state index in [9.17, 15) is 9.59 Å². The maximum Gasteiger partial charge on any atom is 0.283 e. The van der Waals surface area contributed by atoms with Gasteiger partial charge in [-0.05, 0) is 68.7 Å². The van der Waals surface area contributed by atoms with Crippen LogP contribution in [0.1, 0.15) is 46.0 Å². The lowest BCUT2D eigenvalue weighted by atomic mass is 9.91. The molecule has 168 valence electrons. The standard InChI is InChI=1S/C28H29N3O2/c1-20-18-22(19-21(2)29(20)23-12-6-3-7-13-23)26-27(32)30(24-14-8-4-9-15-24)31(28(26)33)25-16-10-5-11-17-25/h4-5,8-11,14-19,23H,3,6-7,12-13H2,1-2H3. The molecule has 2 heterocycles. The molecule has 5 nitrogen and oxygen atoms in total. The topological polar surface area (TPSA) is 43.9 Å². The Balaban J connectivity index is 1.59. The zero-order valence-corrected chi connectivity index (χ0v) is 19.2. The van der Waals surface area contributed by atoms with Gasteiger partial charge in [0.2, 0.25) is 0 Å². The molecule has 2 amide bonds. The van der Waals surface area contributed by atoms with E-state index in [1.807, 2.05) is 72.8 Å². The largest absolute Gasteiger partial charge is 0.346 e. The van der Waals surface area contributed by atoms with E-state index < -0.39 is 0 Å². The molecule has 0 aromatic heterocycles. The van der Waals surface area contributed by atoms with Gasteiger partial charge in [0, 0.05) is 17.4 Å². The van der Waals surface area contributed by atoms with Crippen LogP contribution in [0.25, 0.3) is 0 Å². The number of amides is 2. The molecule has 3 aliphatic rings. The molecule has 33 heavy (non-hydrogen) atoms. The molecule has 0 unspecified atom stereocenters. The zero-order chi connectivity index (χ0) is 22.9. The van der Waals surface area contributed by atoms with Crippen molar-refractivity contribution in [3.8, 4) is 0 Å². The predicted molar refractivity (Wildman–Crippen MR) is 131 cm³/mol. The molecule has 2 fully saturated rings. The summed E-state index contributed by atoms with van der Waals surface area (Å²) in [5.41, 5.74) is 4.41. The number of carbonyl (C=O) groups excluding carboxylic acids is 2. The van der Waals surface area contributed by atoms with Crippen LogP contribution in [0.3, 0.4) is 0 Å². The average Bonchev–Trinajstić information content (AvgIpc) is 3.10. The Hall–Kier alpha value is -3.60. The molecule has 5 heteroatoms. The van der Waals surface area contributed by atoms with Gasteiger partial charge < -0.3 is 4.90 Å². The zero-order valence-electron chi connectivity index (χ0n) is 19.2. The van der Waals surface area contributed by atoms with Crippen LogP contribution < -0.4 is 10.0 Å². The second-order valence-corrected chi connectivity index (χ2v) is 8.97. The second-order valence-electron chi connectivity index (χ2n) is 8.97. The minimum atomic E-state index is -0.302. The van der Waals surface area contributed by atoms with Crippen LogP contribution in [0.15, 0.2) is 95.4 Å². The Morgan fingerprint density at radius 2 is 1.12 bits per heavy atom. The van der Waals surface area contributed by atoms with E-state index in [0.29, 0.717) is 23.0 Å². The maximum atomic E-state index is 13.7. The van der Waals surface area contributed by atoms with Crippen molar-refractivity contribution in [2.24, 2.45) is 0 Å². The van der Waals surface area contributed by atoms with Crippen LogP contribution in [0.2, 0.25) is 0 Å². The number of para-hydroxylation sites is 2. The van der Waals surface area contributed by atoms with Crippen LogP contribution in [0.4, 0.5) is 11.4 Å². The van der Waals surface area contributed by atoms with Gasteiger partial charge in [-0.15, -0.1) is 0 Å². The van der Waals surface area contributed by atoms with E-state index >= 15 is 0 Å². The summed E-state index contributed by atoms with van der Waals surface area (Å²) in [6.45, 7) is 4.17. The van der Waals surface area contributed by atoms with Crippen molar-refractivity contribution >= 4 is 23.2 Å². The third kappa shape index (κ3) is 3.78. The Morgan fingerprint density at radius 1 is 0.667 bits per heavy atom. The van der Waals surface area contributed by atoms with Gasteiger partial charge in [0.05, 0.1) is 11.4 Å². The van der Waals surface area contributed by atoms with E-state index in [1.54, 1.807) is 0 Å². The number of nitrogens with zero attached hydrogens (tertiary/aromatic N) is 3. The lowest BCUT2D eigenvalue weighted by molar-refractivity contribution is -0.116. The third-order valence-corrected chi connectivity index (χ3v) is 6.73. The van der Waals surface area contributed by atoms with Gasteiger partial charge in [-0.2, -0.15) is 0 Å². The first-order chi connectivity index (χ1) is 16.1. The number of hydrogen-bond acceptors (Lipinski definition) is 3. The van der Waals surface area contributed by atoms with Gasteiger partial charge in [-0.25, -0.2) is 10.0 Å². The Labute approximate surface area is 195 Å². The molecular formula is C28H29N3O2. The fourth-order valence-corrected chi connectivity index (χ4v) is 5.30. The van der Waals surface area contributed by atoms with E-state index in [-0.39, 0.29) is 17.4 Å². The number of allylic oxidation sites excluding steroid dienone is 5. The molecule has 1 aliphatic carbocycles. The summed E-state index contributed by atoms with van der Waals surface area (Å²) in [6, 6.07) is 19.2. The van der Waals surface area contributed by atoms with E-state index in [2.05, 4.69) is 18.7 Å². The van der Waals surface area contributed by atoms with Gasteiger partial charge in [0.15, 0.2) is 0 Å². The van der Waals surface area contributed by atoms with Crippen molar-refractivity contribution in [1.29, 1.82) is 0 Å². The summed E-state index contributed by atoms with van der Waals surface area (Å²) >= 11 is 0. The van der Waals surface area contributed by atoms with Gasteiger partial charge in [-0.3, -0.25) is 9.59 Å². The molecule has 2 aliphatic heterocycles. The molecule has 0 N–H and O–H groups in total. The van der Waals surface area contributed by atoms with Crippen molar-refractivity contribution in [2.75, 3.05) is 10.0 Å². The number of anilines is 2. The van der Waals surface area contributed by atoms with Crippen LogP contribution in [-0.2, 0) is 9.59 Å². The van der Waals surface area contributed by atoms with E-state index in [1.165, 1.54) is 42.1 Å². The monoisotopic (exact) mass is 439 g/mol. The fraction of sp³-hybridized carbons (Fsp3) is 0.286. The first kappa shape index (κ1) is 21.3. The lowest BCUT2D eigenvalue weighted by Gasteiger charge is -2.39. The summed E-state index contributed by atoms with van der Waals surface area (Å²) < 4.78 is 0. The van der Waals surface area contributed by atoms with E-state index in [0.717, 1.165) is 11.4 Å². The van der Waals surface area contributed by atoms with Gasteiger partial charge >= 0.3 is 0 Å². The lowest BCUT2D eigenvalue weighted by Crippen LogP contribution is -2.41. The highest BCUT2D eigenvalue weighted by Gasteiger charge is 2.44. The molecule has 2 aromatic rings. The molecule has 1 saturated carbocycles. The highest BCUT2D eigenvalue weighted by Crippen LogP contribution is 2.37. The highest BCUT2D eigenvalue weighted by molar-refractivity contribution is 6.36. The maximum absolute atomic E-state index is 13.7. The van der Waals surface area contributed by atoms with Crippen LogP contribution in [-0.4, -0.2) is 22.8 Å². The van der Waals surface area contributed by atoms with E-state index in [4.69, 9.17) is 0 Å². The minimum absolute atomic E-state index is 0.213. The quantitative estimate of drug-likeness (QED) is 0.453. The second kappa shape index (κ2) is 8.74. The molecule has 1 saturated heterocycles. The van der Waals surface area contributed by atoms with Gasteiger partial charge in [0.1, 0.15) is 5.57 Å². The number of hydrogen-bond donors (Lipinski definition) is 0. The fourth-order valence-electron chi connectivity index (χ4n) is 5.30. The molecule has 0 bridgehead atoms. The number of hydrazine groups is 1. The Bertz CT molecular complexity index is 1080. The predicted octanol–water partition coefficient (Wildman–Crippen LogP) is 5.73. The Kier molecular flexibility index (Phi) is 5.63. The third-order valence-electron chi connectivity index (χ3n) is 6.73. The average molecular weight is 440 g/mol. The number of benzene rings is 2. The SMILES string of the molecule is CC1=CC(=C2C(=O)N(c3ccccc3)N(c3ccccc3)C2=O)C=C(C)N1C1CCCCC1. The smallest absolute Gasteiger partial charge is 0.283 e. The van der Waals surface area contributed by atoms with Crippen molar-refractivity contribution in [1.82, 2.24) is 4.90 Å². The molecule has 0 spiro atoms. The summed E-state index contributed by atoms with van der Waals surface area (Å²) in [5, 5.41) is 2.97. The van der Waals surface area contributed by atoms with Crippen molar-refractivity contribution in [2.45, 2.75) is 52.0 Å². The van der Waals surface area contributed by atoms with Crippen LogP contribution in [0, 0.1) is 0 Å². The summed E-state index contributed by atoms with van der Waals surface area (Å²) in [4.78, 5) is 29.8. The van der Waals surface area contributed by atoms with Gasteiger partial charge in [0.25, 0.3) is 11.8 Å². The number of rotatable bonds is 3. The Morgan fingerprint density at radius 3 is 1.58 bits per heavy atom. The number of carbonyl (C=O) groups is 2. The van der Waals surface area contributed by atoms with Crippen LogP contribution in [0.5, 0.6) is 0 Å². The first-order valence-electron chi connectivity index (χ1n) is 11.8. The van der Waals surface area contributed by atoms with Crippen molar-refractivity contribution in [3.05, 3.63) is 95.4 Å². The molecular weight excluding hydrogens is 410 g/mol. The molecule has 5 rings (SSSR count). The van der Waals surface area contributed by atoms with Crippen LogP contribution >= 0.6 is 0 Å². The molecule has 0 radical (unpaired) electrons. The summed E-state index contributed by atoms with van der Waals surface area (Å²) in [5.74, 6) is -0.603. The highest BCUT2D eigenvalue weighted by atomic mass is 16.2. The summed E-state index contributed by atoms with van der Waals surface area (Å²) in [7, 11) is 0. The summed E-state index contributed by atoms with van der Waals surface area (Å²) in [6.07, 6.45) is 10.2. The van der Waals surface area contributed by atoms with Gasteiger partial charge in [-0.1, -0.05) is 55.7 Å². The van der Waals surface area contributed by atoms with Crippen molar-refractivity contribution < 1.29 is 9.59 Å². The van der Waals surface area contributed by atoms with Crippen molar-refractivity contribution in [3.63, 3.8) is 0 Å². The molecule has 0 atom stereocenters. The normalized spacial score (nSPS) is 19.9.